The van der Waals surface area contributed by atoms with Crippen LogP contribution < -0.4 is 4.74 Å². The zero-order chi connectivity index (χ0) is 17.8. The van der Waals surface area contributed by atoms with Crippen molar-refractivity contribution in [2.45, 2.75) is 6.54 Å². The molecule has 0 N–H and O–H groups in total. The van der Waals surface area contributed by atoms with Gasteiger partial charge < -0.3 is 14.2 Å². The van der Waals surface area contributed by atoms with Crippen molar-refractivity contribution in [3.63, 3.8) is 0 Å². The Morgan fingerprint density at radius 1 is 1.24 bits per heavy atom. The molecule has 3 rings (SSSR count). The maximum atomic E-state index is 12.5. The van der Waals surface area contributed by atoms with E-state index in [0.717, 1.165) is 5.56 Å². The number of hydrogen-bond donors (Lipinski definition) is 0. The monoisotopic (exact) mass is 357 g/mol. The van der Waals surface area contributed by atoms with Crippen molar-refractivity contribution in [3.8, 4) is 17.1 Å². The predicted octanol–water partition coefficient (Wildman–Crippen LogP) is 3.67. The van der Waals surface area contributed by atoms with Gasteiger partial charge in [0, 0.05) is 12.6 Å². The summed E-state index contributed by atoms with van der Waals surface area (Å²) in [4.78, 5) is 18.3. The summed E-state index contributed by atoms with van der Waals surface area (Å²) in [5.74, 6) is 1.26. The molecule has 1 amide bonds. The highest BCUT2D eigenvalue weighted by Crippen LogP contribution is 2.22. The molecule has 0 radical (unpaired) electrons. The lowest BCUT2D eigenvalue weighted by Crippen LogP contribution is -2.26. The van der Waals surface area contributed by atoms with Gasteiger partial charge in [-0.15, -0.1) is 0 Å². The number of benzene rings is 2. The summed E-state index contributed by atoms with van der Waals surface area (Å²) >= 11 is 6.07. The van der Waals surface area contributed by atoms with E-state index in [1.54, 1.807) is 38.4 Å². The van der Waals surface area contributed by atoms with Gasteiger partial charge in [0.1, 0.15) is 5.75 Å². The van der Waals surface area contributed by atoms with Crippen LogP contribution in [0.4, 0.5) is 0 Å². The van der Waals surface area contributed by atoms with Crippen molar-refractivity contribution in [3.05, 3.63) is 65.0 Å². The molecule has 0 aliphatic rings. The van der Waals surface area contributed by atoms with E-state index >= 15 is 0 Å². The summed E-state index contributed by atoms with van der Waals surface area (Å²) < 4.78 is 10.4. The molecule has 0 saturated heterocycles. The molecule has 0 saturated carbocycles. The highest BCUT2D eigenvalue weighted by atomic mass is 35.5. The minimum absolute atomic E-state index is 0.182. The molecule has 3 aromatic rings. The molecular weight excluding hydrogens is 342 g/mol. The Kier molecular flexibility index (Phi) is 5.00. The summed E-state index contributed by atoms with van der Waals surface area (Å²) in [5.41, 5.74) is 1.20. The maximum Gasteiger partial charge on any atom is 0.255 e. The van der Waals surface area contributed by atoms with Crippen molar-refractivity contribution in [1.29, 1.82) is 0 Å². The molecule has 1 heterocycles. The van der Waals surface area contributed by atoms with Crippen LogP contribution in [0, 0.1) is 0 Å². The van der Waals surface area contributed by atoms with E-state index in [9.17, 15) is 4.79 Å². The minimum atomic E-state index is -0.216. The Hall–Kier alpha value is -2.86. The fourth-order valence-electron chi connectivity index (χ4n) is 2.31. The SMILES string of the molecule is COc1cccc(-c2noc(CN(C)C(=O)c3ccccc3Cl)n2)c1. The highest BCUT2D eigenvalue weighted by molar-refractivity contribution is 6.33. The van der Waals surface area contributed by atoms with Crippen LogP contribution in [0.1, 0.15) is 16.2 Å². The molecule has 6 nitrogen and oxygen atoms in total. The smallest absolute Gasteiger partial charge is 0.255 e. The molecule has 1 aromatic heterocycles. The van der Waals surface area contributed by atoms with Crippen LogP contribution in [0.15, 0.2) is 53.1 Å². The Balaban J connectivity index is 1.74. The van der Waals surface area contributed by atoms with Gasteiger partial charge in [0.2, 0.25) is 11.7 Å². The van der Waals surface area contributed by atoms with E-state index in [1.807, 2.05) is 24.3 Å². The van der Waals surface area contributed by atoms with Gasteiger partial charge in [-0.3, -0.25) is 4.79 Å². The van der Waals surface area contributed by atoms with Crippen LogP contribution in [-0.2, 0) is 6.54 Å². The topological polar surface area (TPSA) is 68.5 Å². The molecular formula is C18H16ClN3O3. The van der Waals surface area contributed by atoms with Gasteiger partial charge in [-0.1, -0.05) is 41.0 Å². The lowest BCUT2D eigenvalue weighted by molar-refractivity contribution is 0.0769. The summed E-state index contributed by atoms with van der Waals surface area (Å²) in [6.07, 6.45) is 0. The number of aromatic nitrogens is 2. The number of carbonyl (C=O) groups excluding carboxylic acids is 1. The average Bonchev–Trinajstić information content (AvgIpc) is 3.10. The summed E-state index contributed by atoms with van der Waals surface area (Å²) in [6.45, 7) is 0.182. The zero-order valence-corrected chi connectivity index (χ0v) is 14.5. The largest absolute Gasteiger partial charge is 0.497 e. The van der Waals surface area contributed by atoms with Gasteiger partial charge in [0.25, 0.3) is 5.91 Å². The second kappa shape index (κ2) is 7.36. The van der Waals surface area contributed by atoms with E-state index in [0.29, 0.717) is 28.1 Å². The third kappa shape index (κ3) is 3.80. The van der Waals surface area contributed by atoms with Crippen LogP contribution in [0.2, 0.25) is 5.02 Å². The summed E-state index contributed by atoms with van der Waals surface area (Å²) in [7, 11) is 3.25. The summed E-state index contributed by atoms with van der Waals surface area (Å²) in [5, 5.41) is 4.36. The van der Waals surface area contributed by atoms with Crippen LogP contribution in [-0.4, -0.2) is 35.1 Å². The number of methoxy groups -OCH3 is 1. The molecule has 25 heavy (non-hydrogen) atoms. The van der Waals surface area contributed by atoms with E-state index in [1.165, 1.54) is 4.90 Å². The molecule has 0 aliphatic carbocycles. The third-order valence-corrected chi connectivity index (χ3v) is 3.95. The molecule has 0 atom stereocenters. The number of nitrogens with zero attached hydrogens (tertiary/aromatic N) is 3. The van der Waals surface area contributed by atoms with Gasteiger partial charge in [-0.25, -0.2) is 0 Å². The van der Waals surface area contributed by atoms with E-state index in [4.69, 9.17) is 20.9 Å². The lowest BCUT2D eigenvalue weighted by atomic mass is 10.2. The van der Waals surface area contributed by atoms with Crippen LogP contribution in [0.3, 0.4) is 0 Å². The number of ether oxygens (including phenoxy) is 1. The van der Waals surface area contributed by atoms with Crippen molar-refractivity contribution >= 4 is 17.5 Å². The van der Waals surface area contributed by atoms with Gasteiger partial charge in [-0.2, -0.15) is 4.98 Å². The molecule has 7 heteroatoms. The molecule has 128 valence electrons. The van der Waals surface area contributed by atoms with Gasteiger partial charge in [0.15, 0.2) is 0 Å². The normalized spacial score (nSPS) is 10.5. The maximum absolute atomic E-state index is 12.5. The fourth-order valence-corrected chi connectivity index (χ4v) is 2.53. The standard InChI is InChI=1S/C18H16ClN3O3/c1-22(18(23)14-8-3-4-9-15(14)19)11-16-20-17(21-25-16)12-6-5-7-13(10-12)24-2/h3-10H,11H2,1-2H3. The number of rotatable bonds is 5. The third-order valence-electron chi connectivity index (χ3n) is 3.62. The van der Waals surface area contributed by atoms with Gasteiger partial charge in [0.05, 0.1) is 24.2 Å². The molecule has 0 aliphatic heterocycles. The lowest BCUT2D eigenvalue weighted by Gasteiger charge is -2.15. The minimum Gasteiger partial charge on any atom is -0.497 e. The molecule has 0 unspecified atom stereocenters. The first kappa shape index (κ1) is 17.0. The van der Waals surface area contributed by atoms with Crippen LogP contribution in [0.25, 0.3) is 11.4 Å². The van der Waals surface area contributed by atoms with Crippen LogP contribution in [0.5, 0.6) is 5.75 Å². The Labute approximate surface area is 150 Å². The quantitative estimate of drug-likeness (QED) is 0.696. The van der Waals surface area contributed by atoms with Crippen LogP contribution >= 0.6 is 11.6 Å². The van der Waals surface area contributed by atoms with E-state index in [-0.39, 0.29) is 12.5 Å². The molecule has 0 fully saturated rings. The molecule has 0 bridgehead atoms. The second-order valence-electron chi connectivity index (χ2n) is 5.38. The van der Waals surface area contributed by atoms with Crippen molar-refractivity contribution < 1.29 is 14.1 Å². The second-order valence-corrected chi connectivity index (χ2v) is 5.79. The number of carbonyl (C=O) groups is 1. The van der Waals surface area contributed by atoms with Gasteiger partial charge >= 0.3 is 0 Å². The number of amides is 1. The zero-order valence-electron chi connectivity index (χ0n) is 13.8. The first-order chi connectivity index (χ1) is 12.1. The van der Waals surface area contributed by atoms with E-state index in [2.05, 4.69) is 10.1 Å². The molecule has 0 spiro atoms. The Morgan fingerprint density at radius 2 is 2.04 bits per heavy atom. The Bertz CT molecular complexity index is 895. The van der Waals surface area contributed by atoms with E-state index < -0.39 is 0 Å². The average molecular weight is 358 g/mol. The summed E-state index contributed by atoms with van der Waals surface area (Å²) in [6, 6.07) is 14.2. The predicted molar refractivity (Wildman–Crippen MR) is 93.5 cm³/mol. The number of hydrogen-bond acceptors (Lipinski definition) is 5. The number of halogens is 1. The van der Waals surface area contributed by atoms with Gasteiger partial charge in [-0.05, 0) is 24.3 Å². The fraction of sp³-hybridized carbons (Fsp3) is 0.167. The first-order valence-corrected chi connectivity index (χ1v) is 7.93. The van der Waals surface area contributed by atoms with Crippen molar-refractivity contribution in [1.82, 2.24) is 15.0 Å². The first-order valence-electron chi connectivity index (χ1n) is 7.55. The van der Waals surface area contributed by atoms with Crippen molar-refractivity contribution in [2.75, 3.05) is 14.2 Å². The highest BCUT2D eigenvalue weighted by Gasteiger charge is 2.18. The Morgan fingerprint density at radius 3 is 2.80 bits per heavy atom. The van der Waals surface area contributed by atoms with Crippen molar-refractivity contribution in [2.24, 2.45) is 0 Å². The molecule has 2 aromatic carbocycles.